The summed E-state index contributed by atoms with van der Waals surface area (Å²) in [4.78, 5) is 16.0. The third-order valence-corrected chi connectivity index (χ3v) is 6.09. The summed E-state index contributed by atoms with van der Waals surface area (Å²) in [6, 6.07) is 10.6. The maximum absolute atomic E-state index is 12.6. The molecule has 0 bridgehead atoms. The van der Waals surface area contributed by atoms with Crippen molar-refractivity contribution in [1.82, 2.24) is 4.90 Å². The number of anilines is 2. The fourth-order valence-electron chi connectivity index (χ4n) is 3.06. The van der Waals surface area contributed by atoms with Crippen LogP contribution in [0.4, 0.5) is 11.4 Å². The molecule has 9 heteroatoms. The number of carbonyl (C=O) groups is 1. The smallest absolute Gasteiger partial charge is 0.337 e. The number of nitrogens with zero attached hydrogens (tertiary/aromatic N) is 2. The number of piperazine rings is 1. The van der Waals surface area contributed by atoms with Gasteiger partial charge in [-0.15, -0.1) is 0 Å². The third kappa shape index (κ3) is 4.37. The van der Waals surface area contributed by atoms with Crippen molar-refractivity contribution in [2.45, 2.75) is 4.90 Å². The number of carboxylic acids is 1. The van der Waals surface area contributed by atoms with Gasteiger partial charge in [-0.05, 0) is 49.5 Å². The van der Waals surface area contributed by atoms with E-state index in [1.54, 1.807) is 24.3 Å². The zero-order valence-electron chi connectivity index (χ0n) is 15.8. The predicted molar refractivity (Wildman–Crippen MR) is 107 cm³/mol. The van der Waals surface area contributed by atoms with Crippen molar-refractivity contribution >= 4 is 27.4 Å². The molecular weight excluding hydrogens is 382 g/mol. The van der Waals surface area contributed by atoms with Crippen LogP contribution in [-0.2, 0) is 10.0 Å². The normalized spacial score (nSPS) is 15.3. The van der Waals surface area contributed by atoms with Crippen LogP contribution < -0.4 is 14.4 Å². The number of aromatic carboxylic acids is 1. The van der Waals surface area contributed by atoms with Crippen molar-refractivity contribution in [3.05, 3.63) is 48.0 Å². The van der Waals surface area contributed by atoms with Gasteiger partial charge in [-0.1, -0.05) is 0 Å². The summed E-state index contributed by atoms with van der Waals surface area (Å²) in [6.07, 6.45) is 0. The van der Waals surface area contributed by atoms with Gasteiger partial charge in [0.25, 0.3) is 10.0 Å². The second kappa shape index (κ2) is 8.07. The van der Waals surface area contributed by atoms with Crippen LogP contribution in [0.2, 0.25) is 0 Å². The van der Waals surface area contributed by atoms with E-state index in [4.69, 9.17) is 4.74 Å². The lowest BCUT2D eigenvalue weighted by Gasteiger charge is -2.34. The van der Waals surface area contributed by atoms with Crippen molar-refractivity contribution in [3.63, 3.8) is 0 Å². The Hall–Kier alpha value is -2.78. The molecule has 0 radical (unpaired) electrons. The van der Waals surface area contributed by atoms with E-state index < -0.39 is 16.0 Å². The molecule has 1 saturated heterocycles. The topological polar surface area (TPSA) is 99.2 Å². The lowest BCUT2D eigenvalue weighted by Crippen LogP contribution is -2.45. The predicted octanol–water partition coefficient (Wildman–Crippen LogP) is 1.95. The van der Waals surface area contributed by atoms with Crippen molar-refractivity contribution in [3.8, 4) is 5.75 Å². The molecule has 1 heterocycles. The highest BCUT2D eigenvalue weighted by Gasteiger charge is 2.22. The van der Waals surface area contributed by atoms with Gasteiger partial charge in [0.2, 0.25) is 0 Å². The van der Waals surface area contributed by atoms with Crippen LogP contribution in [0.25, 0.3) is 0 Å². The number of ether oxygens (including phenoxy) is 1. The molecule has 8 nitrogen and oxygen atoms in total. The molecule has 0 amide bonds. The van der Waals surface area contributed by atoms with Crippen LogP contribution in [0.5, 0.6) is 5.75 Å². The highest BCUT2D eigenvalue weighted by molar-refractivity contribution is 7.92. The molecule has 0 atom stereocenters. The first-order valence-corrected chi connectivity index (χ1v) is 10.3. The molecule has 28 heavy (non-hydrogen) atoms. The fourth-order valence-corrected chi connectivity index (χ4v) is 4.11. The van der Waals surface area contributed by atoms with Gasteiger partial charge < -0.3 is 19.6 Å². The second-order valence-electron chi connectivity index (χ2n) is 6.61. The van der Waals surface area contributed by atoms with Crippen molar-refractivity contribution < 1.29 is 23.1 Å². The maximum atomic E-state index is 12.6. The molecule has 1 aliphatic heterocycles. The van der Waals surface area contributed by atoms with E-state index in [0.717, 1.165) is 13.1 Å². The van der Waals surface area contributed by atoms with Crippen molar-refractivity contribution in [2.75, 3.05) is 50.0 Å². The summed E-state index contributed by atoms with van der Waals surface area (Å²) in [5.41, 5.74) is 0.860. The number of nitrogens with one attached hydrogen (secondary N) is 1. The van der Waals surface area contributed by atoms with E-state index in [9.17, 15) is 18.3 Å². The third-order valence-electron chi connectivity index (χ3n) is 4.69. The first-order valence-electron chi connectivity index (χ1n) is 8.78. The van der Waals surface area contributed by atoms with E-state index in [0.29, 0.717) is 24.5 Å². The van der Waals surface area contributed by atoms with Gasteiger partial charge in [0.05, 0.1) is 23.3 Å². The molecular formula is C19H23N3O5S. The van der Waals surface area contributed by atoms with Crippen molar-refractivity contribution in [1.29, 1.82) is 0 Å². The zero-order chi connectivity index (χ0) is 20.3. The van der Waals surface area contributed by atoms with Crippen LogP contribution >= 0.6 is 0 Å². The Balaban J connectivity index is 1.86. The molecule has 1 fully saturated rings. The molecule has 0 saturated carbocycles. The van der Waals surface area contributed by atoms with Crippen LogP contribution in [0.15, 0.2) is 47.4 Å². The second-order valence-corrected chi connectivity index (χ2v) is 8.29. The average Bonchev–Trinajstić information content (AvgIpc) is 2.68. The molecule has 2 N–H and O–H groups in total. The zero-order valence-corrected chi connectivity index (χ0v) is 16.6. The Kier molecular flexibility index (Phi) is 5.76. The molecule has 3 rings (SSSR count). The van der Waals surface area contributed by atoms with Crippen LogP contribution in [0.3, 0.4) is 0 Å². The molecule has 2 aromatic rings. The van der Waals surface area contributed by atoms with Gasteiger partial charge in [0.1, 0.15) is 5.75 Å². The Morgan fingerprint density at radius 1 is 1.07 bits per heavy atom. The molecule has 0 spiro atoms. The van der Waals surface area contributed by atoms with Gasteiger partial charge in [-0.3, -0.25) is 4.72 Å². The lowest BCUT2D eigenvalue weighted by molar-refractivity contribution is 0.0697. The lowest BCUT2D eigenvalue weighted by atomic mass is 10.1. The highest BCUT2D eigenvalue weighted by atomic mass is 32.2. The summed E-state index contributed by atoms with van der Waals surface area (Å²) in [5, 5.41) is 9.62. The summed E-state index contributed by atoms with van der Waals surface area (Å²) in [7, 11) is -0.327. The van der Waals surface area contributed by atoms with Crippen molar-refractivity contribution in [2.24, 2.45) is 0 Å². The van der Waals surface area contributed by atoms with E-state index >= 15 is 0 Å². The van der Waals surface area contributed by atoms with Gasteiger partial charge in [0.15, 0.2) is 0 Å². The molecule has 1 aliphatic rings. The molecule has 0 unspecified atom stereocenters. The highest BCUT2D eigenvalue weighted by Crippen LogP contribution is 2.27. The monoisotopic (exact) mass is 405 g/mol. The van der Waals surface area contributed by atoms with Crippen LogP contribution in [0, 0.1) is 0 Å². The Morgan fingerprint density at radius 2 is 1.71 bits per heavy atom. The maximum Gasteiger partial charge on any atom is 0.337 e. The van der Waals surface area contributed by atoms with Gasteiger partial charge in [0, 0.05) is 31.9 Å². The number of hydrogen-bond acceptors (Lipinski definition) is 6. The Bertz CT molecular complexity index is 952. The standard InChI is InChI=1S/C19H23N3O5S/c1-21-9-11-22(12-10-21)18-8-3-14(13-17(18)19(23)24)20-28(25,26)16-6-4-15(27-2)5-7-16/h3-8,13,20H,9-12H2,1-2H3,(H,23,24). The van der Waals surface area contributed by atoms with Crippen LogP contribution in [0.1, 0.15) is 10.4 Å². The first kappa shape index (κ1) is 20.0. The minimum absolute atomic E-state index is 0.0633. The number of sulfonamides is 1. The summed E-state index contributed by atoms with van der Waals surface area (Å²) < 4.78 is 32.7. The summed E-state index contributed by atoms with van der Waals surface area (Å²) >= 11 is 0. The number of rotatable bonds is 6. The molecule has 0 aliphatic carbocycles. The van der Waals surface area contributed by atoms with E-state index in [2.05, 4.69) is 9.62 Å². The van der Waals surface area contributed by atoms with Gasteiger partial charge in [-0.25, -0.2) is 13.2 Å². The summed E-state index contributed by atoms with van der Waals surface area (Å²) in [6.45, 7) is 3.11. The average molecular weight is 405 g/mol. The quantitative estimate of drug-likeness (QED) is 0.758. The SMILES string of the molecule is COc1ccc(S(=O)(=O)Nc2ccc(N3CCN(C)CC3)c(C(=O)O)c2)cc1. The largest absolute Gasteiger partial charge is 0.497 e. The van der Waals surface area contributed by atoms with E-state index in [-0.39, 0.29) is 16.1 Å². The minimum atomic E-state index is -3.84. The van der Waals surface area contributed by atoms with Crippen LogP contribution in [-0.4, -0.2) is 64.7 Å². The van der Waals surface area contributed by atoms with Gasteiger partial charge in [-0.2, -0.15) is 0 Å². The molecule has 0 aromatic heterocycles. The number of carboxylic acid groups (broad SMARTS) is 1. The summed E-state index contributed by atoms with van der Waals surface area (Å²) in [5.74, 6) is -0.553. The van der Waals surface area contributed by atoms with E-state index in [1.807, 2.05) is 11.9 Å². The van der Waals surface area contributed by atoms with Gasteiger partial charge >= 0.3 is 5.97 Å². The Morgan fingerprint density at radius 3 is 2.29 bits per heavy atom. The number of likely N-dealkylation sites (N-methyl/N-ethyl adjacent to an activating group) is 1. The number of methoxy groups -OCH3 is 1. The molecule has 150 valence electrons. The number of benzene rings is 2. The van der Waals surface area contributed by atoms with E-state index in [1.165, 1.54) is 25.3 Å². The Labute approximate surface area is 164 Å². The molecule has 2 aromatic carbocycles. The fraction of sp³-hybridized carbons (Fsp3) is 0.316. The number of hydrogen-bond donors (Lipinski definition) is 2. The first-order chi connectivity index (χ1) is 13.3. The minimum Gasteiger partial charge on any atom is -0.497 e.